The molecular weight excluding hydrogens is 370 g/mol. The van der Waals surface area contributed by atoms with Gasteiger partial charge in [0.05, 0.1) is 6.33 Å². The first-order valence-corrected chi connectivity index (χ1v) is 9.43. The fraction of sp³-hybridized carbons (Fsp3) is 0.136. The van der Waals surface area contributed by atoms with E-state index in [9.17, 15) is 0 Å². The summed E-state index contributed by atoms with van der Waals surface area (Å²) in [5.41, 5.74) is 4.81. The Balaban J connectivity index is 1.52. The molecule has 5 nitrogen and oxygen atoms in total. The molecule has 0 aliphatic heterocycles. The lowest BCUT2D eigenvalue weighted by atomic mass is 9.98. The highest BCUT2D eigenvalue weighted by atomic mass is 35.5. The number of benzene rings is 2. The normalized spacial score (nSPS) is 10.8. The molecule has 2 aromatic heterocycles. The zero-order chi connectivity index (χ0) is 19.3. The van der Waals surface area contributed by atoms with E-state index in [0.29, 0.717) is 17.5 Å². The van der Waals surface area contributed by atoms with Crippen LogP contribution >= 0.6 is 11.6 Å². The summed E-state index contributed by atoms with van der Waals surface area (Å²) in [5, 5.41) is 3.79. The van der Waals surface area contributed by atoms with E-state index in [1.165, 1.54) is 22.3 Å². The van der Waals surface area contributed by atoms with Crippen LogP contribution in [-0.4, -0.2) is 19.5 Å². The summed E-state index contributed by atoms with van der Waals surface area (Å²) in [4.78, 5) is 12.6. The van der Waals surface area contributed by atoms with E-state index < -0.39 is 0 Å². The van der Waals surface area contributed by atoms with Gasteiger partial charge in [-0.05, 0) is 29.2 Å². The maximum absolute atomic E-state index is 6.03. The van der Waals surface area contributed by atoms with Crippen LogP contribution < -0.4 is 5.32 Å². The van der Waals surface area contributed by atoms with E-state index in [4.69, 9.17) is 11.6 Å². The number of nitrogens with zero attached hydrogens (tertiary/aromatic N) is 4. The summed E-state index contributed by atoms with van der Waals surface area (Å²) >= 11 is 6.03. The van der Waals surface area contributed by atoms with Crippen LogP contribution in [0.4, 0.5) is 5.82 Å². The van der Waals surface area contributed by atoms with Crippen molar-refractivity contribution < 1.29 is 0 Å². The SMILES string of the molecule is Cc1nc(Cl)cc(NCc2ccccc2-c2ccc(Cn3ccnc3)cc2)n1. The van der Waals surface area contributed by atoms with E-state index in [2.05, 4.69) is 67.3 Å². The van der Waals surface area contributed by atoms with Crippen LogP contribution in [0.5, 0.6) is 0 Å². The predicted molar refractivity (Wildman–Crippen MR) is 112 cm³/mol. The van der Waals surface area contributed by atoms with Gasteiger partial charge in [-0.1, -0.05) is 60.1 Å². The Morgan fingerprint density at radius 3 is 2.61 bits per heavy atom. The van der Waals surface area contributed by atoms with Gasteiger partial charge in [0.25, 0.3) is 0 Å². The van der Waals surface area contributed by atoms with Crippen LogP contribution in [0, 0.1) is 6.92 Å². The molecule has 0 fully saturated rings. The zero-order valence-corrected chi connectivity index (χ0v) is 16.3. The first kappa shape index (κ1) is 18.2. The number of rotatable bonds is 6. The third kappa shape index (κ3) is 4.38. The Labute approximate surface area is 169 Å². The molecule has 0 amide bonds. The first-order valence-electron chi connectivity index (χ1n) is 9.05. The average molecular weight is 390 g/mol. The number of anilines is 1. The van der Waals surface area contributed by atoms with E-state index in [0.717, 1.165) is 12.4 Å². The molecule has 0 saturated carbocycles. The molecule has 0 aliphatic carbocycles. The van der Waals surface area contributed by atoms with Gasteiger partial charge in [0.2, 0.25) is 0 Å². The molecule has 4 rings (SSSR count). The molecule has 0 saturated heterocycles. The fourth-order valence-corrected chi connectivity index (χ4v) is 3.37. The molecule has 140 valence electrons. The lowest BCUT2D eigenvalue weighted by Crippen LogP contribution is -2.04. The van der Waals surface area contributed by atoms with Crippen molar-refractivity contribution in [1.29, 1.82) is 0 Å². The van der Waals surface area contributed by atoms with Crippen molar-refractivity contribution in [2.75, 3.05) is 5.32 Å². The molecule has 1 N–H and O–H groups in total. The van der Waals surface area contributed by atoms with Crippen LogP contribution in [0.2, 0.25) is 5.15 Å². The largest absolute Gasteiger partial charge is 0.366 e. The van der Waals surface area contributed by atoms with Crippen molar-refractivity contribution in [3.8, 4) is 11.1 Å². The van der Waals surface area contributed by atoms with Crippen molar-refractivity contribution >= 4 is 17.4 Å². The monoisotopic (exact) mass is 389 g/mol. The number of imidazole rings is 1. The second-order valence-corrected chi connectivity index (χ2v) is 6.95. The van der Waals surface area contributed by atoms with E-state index in [1.807, 2.05) is 25.5 Å². The Kier molecular flexibility index (Phi) is 5.35. The van der Waals surface area contributed by atoms with Gasteiger partial charge in [-0.2, -0.15) is 0 Å². The van der Waals surface area contributed by atoms with Crippen molar-refractivity contribution in [3.05, 3.63) is 95.4 Å². The molecule has 6 heteroatoms. The Morgan fingerprint density at radius 2 is 1.86 bits per heavy atom. The minimum Gasteiger partial charge on any atom is -0.366 e. The molecular formula is C22H20ClN5. The molecule has 28 heavy (non-hydrogen) atoms. The quantitative estimate of drug-likeness (QED) is 0.473. The summed E-state index contributed by atoms with van der Waals surface area (Å²) in [6, 6.07) is 18.8. The zero-order valence-electron chi connectivity index (χ0n) is 15.5. The summed E-state index contributed by atoms with van der Waals surface area (Å²) < 4.78 is 2.06. The predicted octanol–water partition coefficient (Wildman–Crippen LogP) is 4.96. The number of hydrogen-bond donors (Lipinski definition) is 1. The lowest BCUT2D eigenvalue weighted by Gasteiger charge is -2.12. The van der Waals surface area contributed by atoms with E-state index in [1.54, 1.807) is 12.3 Å². The number of hydrogen-bond acceptors (Lipinski definition) is 4. The molecule has 2 aromatic carbocycles. The maximum atomic E-state index is 6.03. The average Bonchev–Trinajstić information content (AvgIpc) is 3.20. The number of aromatic nitrogens is 4. The van der Waals surface area contributed by atoms with Gasteiger partial charge in [-0.3, -0.25) is 0 Å². The first-order chi connectivity index (χ1) is 13.7. The van der Waals surface area contributed by atoms with E-state index >= 15 is 0 Å². The lowest BCUT2D eigenvalue weighted by molar-refractivity contribution is 0.797. The van der Waals surface area contributed by atoms with Crippen molar-refractivity contribution in [2.24, 2.45) is 0 Å². The smallest absolute Gasteiger partial charge is 0.134 e. The molecule has 0 spiro atoms. The second kappa shape index (κ2) is 8.23. The summed E-state index contributed by atoms with van der Waals surface area (Å²) in [6.07, 6.45) is 5.59. The minimum absolute atomic E-state index is 0.441. The van der Waals surface area contributed by atoms with Crippen LogP contribution in [0.3, 0.4) is 0 Å². The Bertz CT molecular complexity index is 1040. The summed E-state index contributed by atoms with van der Waals surface area (Å²) in [7, 11) is 0. The molecule has 0 atom stereocenters. The van der Waals surface area contributed by atoms with Crippen LogP contribution in [0.25, 0.3) is 11.1 Å². The number of nitrogens with one attached hydrogen (secondary N) is 1. The number of aryl methyl sites for hydroxylation is 1. The van der Waals surface area contributed by atoms with Crippen molar-refractivity contribution in [2.45, 2.75) is 20.0 Å². The minimum atomic E-state index is 0.441. The van der Waals surface area contributed by atoms with Gasteiger partial charge < -0.3 is 9.88 Å². The van der Waals surface area contributed by atoms with Gasteiger partial charge in [-0.15, -0.1) is 0 Å². The van der Waals surface area contributed by atoms with Crippen LogP contribution in [-0.2, 0) is 13.1 Å². The highest BCUT2D eigenvalue weighted by molar-refractivity contribution is 6.29. The van der Waals surface area contributed by atoms with Crippen LogP contribution in [0.15, 0.2) is 73.3 Å². The molecule has 0 bridgehead atoms. The van der Waals surface area contributed by atoms with Crippen molar-refractivity contribution in [3.63, 3.8) is 0 Å². The van der Waals surface area contributed by atoms with Gasteiger partial charge in [0, 0.05) is 31.5 Å². The molecule has 4 aromatic rings. The molecule has 0 aliphatic rings. The third-order valence-corrected chi connectivity index (χ3v) is 4.67. The maximum Gasteiger partial charge on any atom is 0.134 e. The van der Waals surface area contributed by atoms with E-state index in [-0.39, 0.29) is 0 Å². The van der Waals surface area contributed by atoms with Crippen LogP contribution in [0.1, 0.15) is 17.0 Å². The van der Waals surface area contributed by atoms with Gasteiger partial charge in [0.15, 0.2) is 0 Å². The Morgan fingerprint density at radius 1 is 1.04 bits per heavy atom. The highest BCUT2D eigenvalue weighted by Crippen LogP contribution is 2.25. The van der Waals surface area contributed by atoms with Crippen molar-refractivity contribution in [1.82, 2.24) is 19.5 Å². The van der Waals surface area contributed by atoms with Gasteiger partial charge in [-0.25, -0.2) is 15.0 Å². The third-order valence-electron chi connectivity index (χ3n) is 4.47. The van der Waals surface area contributed by atoms with Gasteiger partial charge in [0.1, 0.15) is 16.8 Å². The summed E-state index contributed by atoms with van der Waals surface area (Å²) in [6.45, 7) is 3.30. The fourth-order valence-electron chi connectivity index (χ4n) is 3.14. The summed E-state index contributed by atoms with van der Waals surface area (Å²) in [5.74, 6) is 1.37. The molecule has 0 radical (unpaired) electrons. The van der Waals surface area contributed by atoms with Gasteiger partial charge >= 0.3 is 0 Å². The number of halogens is 1. The highest BCUT2D eigenvalue weighted by Gasteiger charge is 2.06. The topological polar surface area (TPSA) is 55.6 Å². The molecule has 2 heterocycles. The second-order valence-electron chi connectivity index (χ2n) is 6.57. The standard InChI is InChI=1S/C22H20ClN5/c1-16-26-21(23)12-22(27-16)25-13-19-4-2-3-5-20(19)18-8-6-17(7-9-18)14-28-11-10-24-15-28/h2-12,15H,13-14H2,1H3,(H,25,26,27). The molecule has 0 unspecified atom stereocenters. The Hall–Kier alpha value is -3.18.